The summed E-state index contributed by atoms with van der Waals surface area (Å²) in [5, 5.41) is 0.975. The van der Waals surface area contributed by atoms with Gasteiger partial charge >= 0.3 is 0 Å². The highest BCUT2D eigenvalue weighted by atomic mass is 32.2. The summed E-state index contributed by atoms with van der Waals surface area (Å²) in [7, 11) is 2.45. The molecular formula is C25H33N3O6S. The van der Waals surface area contributed by atoms with Crippen molar-refractivity contribution in [1.29, 1.82) is 0 Å². The van der Waals surface area contributed by atoms with Crippen molar-refractivity contribution in [3.63, 3.8) is 0 Å². The molecule has 1 saturated heterocycles. The zero-order valence-electron chi connectivity index (χ0n) is 20.7. The molecule has 2 heterocycles. The van der Waals surface area contributed by atoms with Gasteiger partial charge < -0.3 is 23.5 Å². The van der Waals surface area contributed by atoms with E-state index in [0.717, 1.165) is 30.5 Å². The molecule has 3 aromatic rings. The number of hydrogen-bond acceptors (Lipinski definition) is 7. The molecule has 1 aromatic heterocycles. The van der Waals surface area contributed by atoms with E-state index in [0.29, 0.717) is 37.6 Å². The van der Waals surface area contributed by atoms with Gasteiger partial charge in [0.25, 0.3) is 10.0 Å². The summed E-state index contributed by atoms with van der Waals surface area (Å²) in [4.78, 5) is 2.38. The van der Waals surface area contributed by atoms with Crippen molar-refractivity contribution in [2.45, 2.75) is 11.3 Å². The smallest absolute Gasteiger partial charge is 0.264 e. The van der Waals surface area contributed by atoms with Gasteiger partial charge in [-0.05, 0) is 30.7 Å². The summed E-state index contributed by atoms with van der Waals surface area (Å²) >= 11 is 0. The first kappa shape index (κ1) is 25.2. The number of rotatable bonds is 10. The molecule has 1 aliphatic rings. The quantitative estimate of drug-likeness (QED) is 0.420. The molecule has 190 valence electrons. The van der Waals surface area contributed by atoms with Crippen LogP contribution in [-0.4, -0.2) is 78.6 Å². The van der Waals surface area contributed by atoms with E-state index in [1.54, 1.807) is 0 Å². The molecule has 0 spiro atoms. The van der Waals surface area contributed by atoms with E-state index < -0.39 is 10.0 Å². The Morgan fingerprint density at radius 2 is 1.66 bits per heavy atom. The number of hydrogen-bond donors (Lipinski definition) is 0. The largest absolute Gasteiger partial charge is 0.493 e. The second kappa shape index (κ2) is 10.8. The van der Waals surface area contributed by atoms with E-state index in [1.165, 1.54) is 37.8 Å². The third-order valence-corrected chi connectivity index (χ3v) is 8.13. The lowest BCUT2D eigenvalue weighted by Gasteiger charge is -2.29. The molecule has 1 fully saturated rings. The SMILES string of the molecule is COc1cc(S(=O)(=O)N(CCCN2CCOCC2)c2ccc3c(ccn3C)c2)cc(OC)c1OC. The summed E-state index contributed by atoms with van der Waals surface area (Å²) < 4.78 is 53.2. The predicted molar refractivity (Wildman–Crippen MR) is 135 cm³/mol. The van der Waals surface area contributed by atoms with Gasteiger partial charge in [-0.25, -0.2) is 8.42 Å². The molecule has 4 rings (SSSR count). The normalized spacial score (nSPS) is 14.7. The minimum atomic E-state index is -3.94. The summed E-state index contributed by atoms with van der Waals surface area (Å²) in [5.41, 5.74) is 1.65. The number of nitrogens with zero attached hydrogens (tertiary/aromatic N) is 3. The second-order valence-corrected chi connectivity index (χ2v) is 10.3. The van der Waals surface area contributed by atoms with Crippen molar-refractivity contribution in [1.82, 2.24) is 9.47 Å². The molecule has 0 atom stereocenters. The number of fused-ring (bicyclic) bond motifs is 1. The number of ether oxygens (including phenoxy) is 4. The maximum atomic E-state index is 14.0. The lowest BCUT2D eigenvalue weighted by Crippen LogP contribution is -2.39. The molecule has 0 saturated carbocycles. The summed E-state index contributed by atoms with van der Waals surface area (Å²) in [6, 6.07) is 10.7. The third kappa shape index (κ3) is 5.19. The van der Waals surface area contributed by atoms with Gasteiger partial charge in [-0.1, -0.05) is 0 Å². The fraction of sp³-hybridized carbons (Fsp3) is 0.440. The summed E-state index contributed by atoms with van der Waals surface area (Å²) in [6.07, 6.45) is 2.64. The molecule has 0 unspecified atom stereocenters. The molecular weight excluding hydrogens is 470 g/mol. The number of morpholine rings is 1. The van der Waals surface area contributed by atoms with E-state index >= 15 is 0 Å². The first-order valence-electron chi connectivity index (χ1n) is 11.6. The molecule has 0 bridgehead atoms. The van der Waals surface area contributed by atoms with Crippen molar-refractivity contribution < 1.29 is 27.4 Å². The van der Waals surface area contributed by atoms with E-state index in [2.05, 4.69) is 4.90 Å². The van der Waals surface area contributed by atoms with Crippen molar-refractivity contribution in [3.8, 4) is 17.2 Å². The van der Waals surface area contributed by atoms with Crippen LogP contribution in [0, 0.1) is 0 Å². The number of sulfonamides is 1. The van der Waals surface area contributed by atoms with Gasteiger partial charge in [0.1, 0.15) is 0 Å². The Morgan fingerprint density at radius 1 is 0.971 bits per heavy atom. The van der Waals surface area contributed by atoms with Gasteiger partial charge in [-0.15, -0.1) is 0 Å². The Bertz CT molecular complexity index is 1240. The lowest BCUT2D eigenvalue weighted by molar-refractivity contribution is 0.0377. The number of benzene rings is 2. The predicted octanol–water partition coefficient (Wildman–Crippen LogP) is 3.12. The summed E-state index contributed by atoms with van der Waals surface area (Å²) in [5.74, 6) is 0.924. The van der Waals surface area contributed by atoms with Crippen molar-refractivity contribution in [3.05, 3.63) is 42.6 Å². The Balaban J connectivity index is 1.72. The topological polar surface area (TPSA) is 82.5 Å². The minimum absolute atomic E-state index is 0.0755. The molecule has 1 aliphatic heterocycles. The van der Waals surface area contributed by atoms with Gasteiger partial charge in [-0.3, -0.25) is 9.21 Å². The number of methoxy groups -OCH3 is 3. The highest BCUT2D eigenvalue weighted by Gasteiger charge is 2.28. The van der Waals surface area contributed by atoms with Crippen LogP contribution in [0.5, 0.6) is 17.2 Å². The van der Waals surface area contributed by atoms with Gasteiger partial charge in [0, 0.05) is 62.5 Å². The maximum absolute atomic E-state index is 14.0. The number of aromatic nitrogens is 1. The average Bonchev–Trinajstić information content (AvgIpc) is 3.25. The van der Waals surface area contributed by atoms with Crippen LogP contribution < -0.4 is 18.5 Å². The molecule has 35 heavy (non-hydrogen) atoms. The van der Waals surface area contributed by atoms with Gasteiger partial charge in [0.2, 0.25) is 5.75 Å². The van der Waals surface area contributed by atoms with Crippen LogP contribution in [0.2, 0.25) is 0 Å². The van der Waals surface area contributed by atoms with Crippen LogP contribution in [0.25, 0.3) is 10.9 Å². The van der Waals surface area contributed by atoms with Gasteiger partial charge in [0.05, 0.1) is 45.1 Å². The average molecular weight is 504 g/mol. The second-order valence-electron chi connectivity index (χ2n) is 8.42. The zero-order chi connectivity index (χ0) is 25.0. The molecule has 0 aliphatic carbocycles. The zero-order valence-corrected chi connectivity index (χ0v) is 21.5. The van der Waals surface area contributed by atoms with E-state index in [9.17, 15) is 8.42 Å². The Labute approximate surface area is 206 Å². The monoisotopic (exact) mass is 503 g/mol. The van der Waals surface area contributed by atoms with Crippen molar-refractivity contribution in [2.24, 2.45) is 7.05 Å². The molecule has 10 heteroatoms. The maximum Gasteiger partial charge on any atom is 0.264 e. The standard InChI is InChI=1S/C25H33N3O6S/c1-26-11-8-19-16-20(6-7-22(19)26)28(10-5-9-27-12-14-34-15-13-27)35(29,30)21-17-23(31-2)25(33-4)24(18-21)32-3/h6-8,11,16-18H,5,9-10,12-15H2,1-4H3. The fourth-order valence-corrected chi connectivity index (χ4v) is 5.94. The minimum Gasteiger partial charge on any atom is -0.493 e. The molecule has 9 nitrogen and oxygen atoms in total. The molecule has 0 N–H and O–H groups in total. The van der Waals surface area contributed by atoms with Crippen molar-refractivity contribution >= 4 is 26.6 Å². The number of anilines is 1. The highest BCUT2D eigenvalue weighted by Crippen LogP contribution is 2.40. The molecule has 0 amide bonds. The lowest BCUT2D eigenvalue weighted by atomic mass is 10.2. The Morgan fingerprint density at radius 3 is 2.29 bits per heavy atom. The van der Waals surface area contributed by atoms with Crippen LogP contribution in [0.1, 0.15) is 6.42 Å². The van der Waals surface area contributed by atoms with Crippen LogP contribution >= 0.6 is 0 Å². The van der Waals surface area contributed by atoms with E-state index in [4.69, 9.17) is 18.9 Å². The molecule has 0 radical (unpaired) electrons. The fourth-order valence-electron chi connectivity index (χ4n) is 4.41. The Kier molecular flexibility index (Phi) is 7.73. The Hall–Kier alpha value is -2.95. The van der Waals surface area contributed by atoms with Gasteiger partial charge in [0.15, 0.2) is 11.5 Å². The first-order chi connectivity index (χ1) is 16.9. The van der Waals surface area contributed by atoms with Crippen LogP contribution in [0.3, 0.4) is 0 Å². The van der Waals surface area contributed by atoms with E-state index in [-0.39, 0.29) is 16.4 Å². The molecule has 2 aromatic carbocycles. The van der Waals surface area contributed by atoms with Crippen molar-refractivity contribution in [2.75, 3.05) is 65.0 Å². The highest BCUT2D eigenvalue weighted by molar-refractivity contribution is 7.92. The first-order valence-corrected chi connectivity index (χ1v) is 13.0. The van der Waals surface area contributed by atoms with Gasteiger partial charge in [-0.2, -0.15) is 0 Å². The van der Waals surface area contributed by atoms with Crippen LogP contribution in [0.15, 0.2) is 47.5 Å². The number of aryl methyl sites for hydroxylation is 1. The van der Waals surface area contributed by atoms with Crippen LogP contribution in [0.4, 0.5) is 5.69 Å². The third-order valence-electron chi connectivity index (χ3n) is 6.32. The summed E-state index contributed by atoms with van der Waals surface area (Å²) in [6.45, 7) is 4.24. The van der Waals surface area contributed by atoms with Crippen LogP contribution in [-0.2, 0) is 21.8 Å². The van der Waals surface area contributed by atoms with E-state index in [1.807, 2.05) is 42.1 Å².